The van der Waals surface area contributed by atoms with E-state index in [1.54, 1.807) is 7.11 Å². The minimum atomic E-state index is 0.209. The lowest BCUT2D eigenvalue weighted by Crippen LogP contribution is -2.17. The van der Waals surface area contributed by atoms with Crippen molar-refractivity contribution in [1.82, 2.24) is 0 Å². The summed E-state index contributed by atoms with van der Waals surface area (Å²) in [5, 5.41) is 0. The Morgan fingerprint density at radius 3 is 2.25 bits per heavy atom. The van der Waals surface area contributed by atoms with Gasteiger partial charge in [0.05, 0.1) is 19.3 Å². The van der Waals surface area contributed by atoms with Crippen molar-refractivity contribution in [3.8, 4) is 0 Å². The molecule has 1 aromatic carbocycles. The summed E-state index contributed by atoms with van der Waals surface area (Å²) in [5.74, 6) is 0. The molecule has 0 aromatic heterocycles. The Morgan fingerprint density at radius 2 is 1.75 bits per heavy atom. The minimum Gasteiger partial charge on any atom is -0.382 e. The highest BCUT2D eigenvalue weighted by Gasteiger charge is 2.05. The van der Waals surface area contributed by atoms with E-state index in [9.17, 15) is 0 Å². The van der Waals surface area contributed by atoms with Crippen LogP contribution in [0.25, 0.3) is 0 Å². The zero-order chi connectivity index (χ0) is 12.2. The average Bonchev–Trinajstić information content (AvgIpc) is 2.38. The van der Waals surface area contributed by atoms with Gasteiger partial charge in [-0.15, -0.1) is 0 Å². The summed E-state index contributed by atoms with van der Waals surface area (Å²) in [6.45, 7) is 7.45. The number of hydrogen-bond acceptors (Lipinski definition) is 2. The van der Waals surface area contributed by atoms with Gasteiger partial charge >= 0.3 is 0 Å². The molecule has 0 saturated carbocycles. The van der Waals surface area contributed by atoms with Gasteiger partial charge in [-0.3, -0.25) is 0 Å². The third-order valence-corrected chi connectivity index (χ3v) is 2.14. The second kappa shape index (κ2) is 10.7. The van der Waals surface area contributed by atoms with E-state index in [1.807, 2.05) is 32.0 Å². The summed E-state index contributed by atoms with van der Waals surface area (Å²) in [7, 11) is 1.70. The number of methoxy groups -OCH3 is 1. The molecular formula is C14H24O2. The van der Waals surface area contributed by atoms with Crippen LogP contribution in [0, 0.1) is 0 Å². The smallest absolute Gasteiger partial charge is 0.0810 e. The first kappa shape index (κ1) is 15.1. The Balaban J connectivity index is 0.00000106. The molecule has 0 radical (unpaired) electrons. The molecule has 0 spiro atoms. The normalized spacial score (nSPS) is 11.5. The van der Waals surface area contributed by atoms with Gasteiger partial charge in [0.2, 0.25) is 0 Å². The van der Waals surface area contributed by atoms with Crippen LogP contribution in [0.1, 0.15) is 32.8 Å². The summed E-state index contributed by atoms with van der Waals surface area (Å²) in [4.78, 5) is 0. The lowest BCUT2D eigenvalue weighted by Gasteiger charge is -2.14. The second-order valence-electron chi connectivity index (χ2n) is 3.28. The number of rotatable bonds is 6. The molecule has 0 aliphatic rings. The van der Waals surface area contributed by atoms with E-state index in [4.69, 9.17) is 9.47 Å². The quantitative estimate of drug-likeness (QED) is 0.734. The Morgan fingerprint density at radius 1 is 1.12 bits per heavy atom. The van der Waals surface area contributed by atoms with Crippen molar-refractivity contribution in [2.45, 2.75) is 39.9 Å². The first-order valence-corrected chi connectivity index (χ1v) is 6.01. The van der Waals surface area contributed by atoms with E-state index in [2.05, 4.69) is 19.1 Å². The summed E-state index contributed by atoms with van der Waals surface area (Å²) in [6, 6.07) is 10.2. The highest BCUT2D eigenvalue weighted by Crippen LogP contribution is 2.05. The van der Waals surface area contributed by atoms with Crippen LogP contribution in [0.2, 0.25) is 0 Å². The number of ether oxygens (including phenoxy) is 2. The molecule has 0 aliphatic carbocycles. The predicted octanol–water partition coefficient (Wildman–Crippen LogP) is 3.65. The van der Waals surface area contributed by atoms with E-state index < -0.39 is 0 Å². The van der Waals surface area contributed by atoms with Gasteiger partial charge in [0, 0.05) is 7.11 Å². The Bertz CT molecular complexity index is 234. The summed E-state index contributed by atoms with van der Waals surface area (Å²) in [6.07, 6.45) is 1.20. The zero-order valence-corrected chi connectivity index (χ0v) is 10.9. The van der Waals surface area contributed by atoms with Crippen molar-refractivity contribution >= 4 is 0 Å². The van der Waals surface area contributed by atoms with Crippen LogP contribution in [-0.2, 0) is 16.1 Å². The van der Waals surface area contributed by atoms with Gasteiger partial charge in [-0.05, 0) is 12.0 Å². The van der Waals surface area contributed by atoms with Crippen molar-refractivity contribution in [3.63, 3.8) is 0 Å². The molecule has 1 aromatic rings. The molecule has 0 saturated heterocycles. The van der Waals surface area contributed by atoms with Gasteiger partial charge in [-0.1, -0.05) is 51.1 Å². The molecule has 1 rings (SSSR count). The van der Waals surface area contributed by atoms with E-state index in [0.29, 0.717) is 13.2 Å². The van der Waals surface area contributed by atoms with Crippen LogP contribution in [0.15, 0.2) is 30.3 Å². The molecule has 0 amide bonds. The molecule has 0 heterocycles. The van der Waals surface area contributed by atoms with E-state index in [-0.39, 0.29) is 6.10 Å². The van der Waals surface area contributed by atoms with Gasteiger partial charge in [-0.25, -0.2) is 0 Å². The summed E-state index contributed by atoms with van der Waals surface area (Å²) < 4.78 is 10.8. The fraction of sp³-hybridized carbons (Fsp3) is 0.571. The van der Waals surface area contributed by atoms with Crippen molar-refractivity contribution in [1.29, 1.82) is 0 Å². The van der Waals surface area contributed by atoms with E-state index in [1.165, 1.54) is 5.56 Å². The van der Waals surface area contributed by atoms with Crippen molar-refractivity contribution in [2.75, 3.05) is 13.7 Å². The number of hydrogen-bond donors (Lipinski definition) is 0. The van der Waals surface area contributed by atoms with Gasteiger partial charge in [-0.2, -0.15) is 0 Å². The third kappa shape index (κ3) is 6.59. The molecule has 1 atom stereocenters. The van der Waals surface area contributed by atoms with Gasteiger partial charge in [0.1, 0.15) is 0 Å². The maximum absolute atomic E-state index is 5.69. The average molecular weight is 224 g/mol. The predicted molar refractivity (Wildman–Crippen MR) is 68.5 cm³/mol. The highest BCUT2D eigenvalue weighted by atomic mass is 16.5. The van der Waals surface area contributed by atoms with E-state index in [0.717, 1.165) is 6.42 Å². The summed E-state index contributed by atoms with van der Waals surface area (Å²) >= 11 is 0. The van der Waals surface area contributed by atoms with Crippen molar-refractivity contribution in [2.24, 2.45) is 0 Å². The Kier molecular flexibility index (Phi) is 10.1. The molecular weight excluding hydrogens is 200 g/mol. The lowest BCUT2D eigenvalue weighted by molar-refractivity contribution is -0.0128. The molecule has 92 valence electrons. The monoisotopic (exact) mass is 224 g/mol. The van der Waals surface area contributed by atoms with Crippen molar-refractivity contribution in [3.05, 3.63) is 35.9 Å². The van der Waals surface area contributed by atoms with Gasteiger partial charge in [0.15, 0.2) is 0 Å². The SMILES string of the molecule is CC.CC[C@H](COC)OCc1ccccc1. The topological polar surface area (TPSA) is 18.5 Å². The fourth-order valence-electron chi connectivity index (χ4n) is 1.26. The van der Waals surface area contributed by atoms with Gasteiger partial charge in [0.25, 0.3) is 0 Å². The van der Waals surface area contributed by atoms with Crippen LogP contribution in [0.4, 0.5) is 0 Å². The number of benzene rings is 1. The second-order valence-corrected chi connectivity index (χ2v) is 3.28. The minimum absolute atomic E-state index is 0.209. The van der Waals surface area contributed by atoms with Crippen LogP contribution in [0.5, 0.6) is 0 Å². The van der Waals surface area contributed by atoms with Gasteiger partial charge < -0.3 is 9.47 Å². The first-order chi connectivity index (χ1) is 7.86. The van der Waals surface area contributed by atoms with Crippen LogP contribution in [-0.4, -0.2) is 19.8 Å². The zero-order valence-electron chi connectivity index (χ0n) is 10.9. The lowest BCUT2D eigenvalue weighted by atomic mass is 10.2. The first-order valence-electron chi connectivity index (χ1n) is 6.01. The van der Waals surface area contributed by atoms with Crippen LogP contribution >= 0.6 is 0 Å². The van der Waals surface area contributed by atoms with Crippen molar-refractivity contribution < 1.29 is 9.47 Å². The largest absolute Gasteiger partial charge is 0.382 e. The van der Waals surface area contributed by atoms with Crippen LogP contribution in [0.3, 0.4) is 0 Å². The van der Waals surface area contributed by atoms with Crippen LogP contribution < -0.4 is 0 Å². The molecule has 2 nitrogen and oxygen atoms in total. The third-order valence-electron chi connectivity index (χ3n) is 2.14. The Hall–Kier alpha value is -0.860. The maximum Gasteiger partial charge on any atom is 0.0810 e. The maximum atomic E-state index is 5.69. The standard InChI is InChI=1S/C12H18O2.C2H6/c1-3-12(10-13-2)14-9-11-7-5-4-6-8-11;1-2/h4-8,12H,3,9-10H2,1-2H3;1-2H3/t12-;/m1./s1. The summed E-state index contributed by atoms with van der Waals surface area (Å²) in [5.41, 5.74) is 1.21. The molecule has 0 N–H and O–H groups in total. The highest BCUT2D eigenvalue weighted by molar-refractivity contribution is 5.13. The van der Waals surface area contributed by atoms with E-state index >= 15 is 0 Å². The molecule has 0 unspecified atom stereocenters. The fourth-order valence-corrected chi connectivity index (χ4v) is 1.26. The Labute approximate surface area is 99.6 Å². The molecule has 0 bridgehead atoms. The molecule has 0 fully saturated rings. The molecule has 16 heavy (non-hydrogen) atoms. The molecule has 0 aliphatic heterocycles. The molecule has 2 heteroatoms.